The van der Waals surface area contributed by atoms with Gasteiger partial charge in [-0.25, -0.2) is 4.68 Å². The van der Waals surface area contributed by atoms with Crippen molar-refractivity contribution in [2.75, 3.05) is 6.54 Å². The molecule has 1 aromatic heterocycles. The van der Waals surface area contributed by atoms with E-state index in [-0.39, 0.29) is 18.0 Å². The molecule has 1 unspecified atom stereocenters. The molecule has 5 N–H and O–H groups in total. The molecule has 124 valence electrons. The van der Waals surface area contributed by atoms with Crippen LogP contribution in [0.1, 0.15) is 51.2 Å². The van der Waals surface area contributed by atoms with Crippen LogP contribution in [0.5, 0.6) is 0 Å². The highest BCUT2D eigenvalue weighted by Crippen LogP contribution is 2.18. The van der Waals surface area contributed by atoms with E-state index in [4.69, 9.17) is 11.5 Å². The fourth-order valence-electron chi connectivity index (χ4n) is 1.83. The number of aryl methyl sites for hydroxylation is 1. The summed E-state index contributed by atoms with van der Waals surface area (Å²) < 4.78 is 1.74. The molecule has 0 saturated heterocycles. The maximum absolute atomic E-state index is 12.3. The first kappa shape index (κ1) is 17.9. The van der Waals surface area contributed by atoms with Crippen molar-refractivity contribution in [1.29, 1.82) is 0 Å². The van der Waals surface area contributed by atoms with E-state index in [1.54, 1.807) is 4.68 Å². The van der Waals surface area contributed by atoms with E-state index in [9.17, 15) is 4.79 Å². The van der Waals surface area contributed by atoms with Crippen LogP contribution in [0.3, 0.4) is 0 Å². The molecule has 0 radical (unpaired) electrons. The SMILES string of the molecule is Cc1nnn(C(CCCN=C(N)N)NC(=O)C(C)(C)C)c1C. The van der Waals surface area contributed by atoms with Crippen LogP contribution in [0.4, 0.5) is 0 Å². The Morgan fingerprint density at radius 1 is 1.36 bits per heavy atom. The van der Waals surface area contributed by atoms with E-state index in [1.165, 1.54) is 0 Å². The zero-order chi connectivity index (χ0) is 16.9. The predicted molar refractivity (Wildman–Crippen MR) is 86.0 cm³/mol. The molecule has 0 aliphatic rings. The van der Waals surface area contributed by atoms with E-state index in [0.29, 0.717) is 13.0 Å². The van der Waals surface area contributed by atoms with Crippen LogP contribution in [0.15, 0.2) is 4.99 Å². The topological polar surface area (TPSA) is 124 Å². The largest absolute Gasteiger partial charge is 0.370 e. The number of carbonyl (C=O) groups is 1. The van der Waals surface area contributed by atoms with Gasteiger partial charge in [-0.05, 0) is 26.7 Å². The van der Waals surface area contributed by atoms with Crippen LogP contribution in [-0.2, 0) is 4.79 Å². The summed E-state index contributed by atoms with van der Waals surface area (Å²) in [6, 6.07) is 0. The number of aromatic nitrogens is 3. The number of carbonyl (C=O) groups excluding carboxylic acids is 1. The third-order valence-corrected chi connectivity index (χ3v) is 3.36. The third-order valence-electron chi connectivity index (χ3n) is 3.36. The maximum atomic E-state index is 12.3. The maximum Gasteiger partial charge on any atom is 0.227 e. The monoisotopic (exact) mass is 309 g/mol. The lowest BCUT2D eigenvalue weighted by molar-refractivity contribution is -0.130. The lowest BCUT2D eigenvalue weighted by atomic mass is 9.95. The van der Waals surface area contributed by atoms with Crippen molar-refractivity contribution in [3.05, 3.63) is 11.4 Å². The van der Waals surface area contributed by atoms with Crippen molar-refractivity contribution in [3.8, 4) is 0 Å². The van der Waals surface area contributed by atoms with Gasteiger partial charge in [-0.3, -0.25) is 9.79 Å². The first-order valence-electron chi connectivity index (χ1n) is 7.37. The Labute approximate surface area is 131 Å². The Hall–Kier alpha value is -2.12. The van der Waals surface area contributed by atoms with Crippen LogP contribution in [-0.4, -0.2) is 33.4 Å². The molecule has 1 atom stereocenters. The van der Waals surface area contributed by atoms with Crippen molar-refractivity contribution < 1.29 is 4.79 Å². The summed E-state index contributed by atoms with van der Waals surface area (Å²) in [5.41, 5.74) is 11.9. The third kappa shape index (κ3) is 5.01. The lowest BCUT2D eigenvalue weighted by Gasteiger charge is -2.25. The molecule has 1 heterocycles. The quantitative estimate of drug-likeness (QED) is 0.403. The lowest BCUT2D eigenvalue weighted by Crippen LogP contribution is -2.40. The minimum atomic E-state index is -0.471. The van der Waals surface area contributed by atoms with Gasteiger partial charge in [0.25, 0.3) is 0 Å². The summed E-state index contributed by atoms with van der Waals surface area (Å²) >= 11 is 0. The summed E-state index contributed by atoms with van der Waals surface area (Å²) in [7, 11) is 0. The molecular formula is C14H27N7O. The standard InChI is InChI=1S/C14H27N7O/c1-9-10(2)21(20-19-9)11(7-6-8-17-13(15)16)18-12(22)14(3,4)5/h11H,6-8H2,1-5H3,(H,18,22)(H4,15,16,17). The van der Waals surface area contributed by atoms with E-state index < -0.39 is 5.41 Å². The molecular weight excluding hydrogens is 282 g/mol. The van der Waals surface area contributed by atoms with Crippen molar-refractivity contribution >= 4 is 11.9 Å². The van der Waals surface area contributed by atoms with Crippen molar-refractivity contribution in [2.45, 2.75) is 53.6 Å². The number of aliphatic imine (C=N–C) groups is 1. The van der Waals surface area contributed by atoms with Crippen LogP contribution in [0.25, 0.3) is 0 Å². The number of guanidine groups is 1. The summed E-state index contributed by atoms with van der Waals surface area (Å²) in [5, 5.41) is 11.2. The predicted octanol–water partition coefficient (Wildman–Crippen LogP) is 0.609. The van der Waals surface area contributed by atoms with Gasteiger partial charge in [-0.2, -0.15) is 0 Å². The van der Waals surface area contributed by atoms with E-state index in [2.05, 4.69) is 20.6 Å². The van der Waals surface area contributed by atoms with Crippen molar-refractivity contribution in [3.63, 3.8) is 0 Å². The molecule has 1 rings (SSSR count). The van der Waals surface area contributed by atoms with Crippen LogP contribution in [0, 0.1) is 19.3 Å². The number of nitrogens with two attached hydrogens (primary N) is 2. The summed E-state index contributed by atoms with van der Waals surface area (Å²) in [6.07, 6.45) is 1.13. The average molecular weight is 309 g/mol. The van der Waals surface area contributed by atoms with Gasteiger partial charge >= 0.3 is 0 Å². The molecule has 8 nitrogen and oxygen atoms in total. The van der Waals surface area contributed by atoms with Gasteiger partial charge in [0.05, 0.1) is 11.4 Å². The highest BCUT2D eigenvalue weighted by molar-refractivity contribution is 5.81. The Kier molecular flexibility index (Phi) is 5.90. The second kappa shape index (κ2) is 7.24. The van der Waals surface area contributed by atoms with E-state index >= 15 is 0 Å². The highest BCUT2D eigenvalue weighted by atomic mass is 16.2. The molecule has 1 amide bonds. The molecule has 8 heteroatoms. The molecule has 0 fully saturated rings. The molecule has 0 aromatic carbocycles. The number of hydrogen-bond donors (Lipinski definition) is 3. The smallest absolute Gasteiger partial charge is 0.227 e. The Bertz CT molecular complexity index is 538. The van der Waals surface area contributed by atoms with Gasteiger partial charge in [0, 0.05) is 12.0 Å². The van der Waals surface area contributed by atoms with Gasteiger partial charge in [0.15, 0.2) is 5.96 Å². The van der Waals surface area contributed by atoms with Gasteiger partial charge in [-0.1, -0.05) is 26.0 Å². The molecule has 1 aromatic rings. The zero-order valence-corrected chi connectivity index (χ0v) is 14.1. The van der Waals surface area contributed by atoms with Gasteiger partial charge in [-0.15, -0.1) is 5.10 Å². The first-order chi connectivity index (χ1) is 10.1. The Balaban J connectivity index is 2.84. The number of hydrogen-bond acceptors (Lipinski definition) is 4. The molecule has 0 bridgehead atoms. The molecule has 0 aliphatic heterocycles. The first-order valence-corrected chi connectivity index (χ1v) is 7.37. The molecule has 22 heavy (non-hydrogen) atoms. The van der Waals surface area contributed by atoms with Gasteiger partial charge in [0.1, 0.15) is 6.17 Å². The van der Waals surface area contributed by atoms with Crippen LogP contribution < -0.4 is 16.8 Å². The fourth-order valence-corrected chi connectivity index (χ4v) is 1.83. The minimum absolute atomic E-state index is 0.0353. The number of rotatable bonds is 6. The molecule has 0 aliphatic carbocycles. The average Bonchev–Trinajstić information content (AvgIpc) is 2.72. The van der Waals surface area contributed by atoms with Crippen LogP contribution >= 0.6 is 0 Å². The summed E-state index contributed by atoms with van der Waals surface area (Å²) in [6.45, 7) is 9.95. The van der Waals surface area contributed by atoms with E-state index in [0.717, 1.165) is 17.8 Å². The van der Waals surface area contributed by atoms with Gasteiger partial charge < -0.3 is 16.8 Å². The number of amides is 1. The van der Waals surface area contributed by atoms with E-state index in [1.807, 2.05) is 34.6 Å². The minimum Gasteiger partial charge on any atom is -0.370 e. The number of nitrogens with zero attached hydrogens (tertiary/aromatic N) is 4. The second-order valence-corrected chi connectivity index (χ2v) is 6.39. The fraction of sp³-hybridized carbons (Fsp3) is 0.714. The van der Waals surface area contributed by atoms with Crippen molar-refractivity contribution in [2.24, 2.45) is 21.9 Å². The van der Waals surface area contributed by atoms with Crippen molar-refractivity contribution in [1.82, 2.24) is 20.3 Å². The normalized spacial score (nSPS) is 12.8. The molecule has 0 spiro atoms. The summed E-state index contributed by atoms with van der Waals surface area (Å²) in [5.74, 6) is 0.0370. The number of nitrogens with one attached hydrogen (secondary N) is 1. The molecule has 0 saturated carbocycles. The zero-order valence-electron chi connectivity index (χ0n) is 14.1. The second-order valence-electron chi connectivity index (χ2n) is 6.39. The Morgan fingerprint density at radius 2 is 2.00 bits per heavy atom. The van der Waals surface area contributed by atoms with Crippen LogP contribution in [0.2, 0.25) is 0 Å². The van der Waals surface area contributed by atoms with Gasteiger partial charge in [0.2, 0.25) is 5.91 Å². The highest BCUT2D eigenvalue weighted by Gasteiger charge is 2.26. The summed E-state index contributed by atoms with van der Waals surface area (Å²) in [4.78, 5) is 16.2. The Morgan fingerprint density at radius 3 is 2.45 bits per heavy atom.